The number of benzene rings is 2. The number of methoxy groups -OCH3 is 1. The number of nitrogens with zero attached hydrogens (tertiary/aromatic N) is 4. The molecule has 1 amide bonds. The third-order valence-corrected chi connectivity index (χ3v) is 6.30. The van der Waals surface area contributed by atoms with Crippen LogP contribution >= 0.6 is 11.6 Å². The van der Waals surface area contributed by atoms with Gasteiger partial charge < -0.3 is 29.7 Å². The maximum absolute atomic E-state index is 11.8. The minimum atomic E-state index is -0.333. The van der Waals surface area contributed by atoms with E-state index in [1.807, 2.05) is 25.1 Å². The molecule has 210 valence electrons. The number of halogens is 1. The third kappa shape index (κ3) is 7.61. The number of piperazine rings is 1. The molecule has 1 saturated heterocycles. The minimum absolute atomic E-state index is 0.141. The summed E-state index contributed by atoms with van der Waals surface area (Å²) in [5.41, 5.74) is 2.20. The molecule has 1 aromatic heterocycles. The topological polar surface area (TPSA) is 118 Å². The number of ether oxygens (including phenoxy) is 3. The zero-order chi connectivity index (χ0) is 28.5. The van der Waals surface area contributed by atoms with Gasteiger partial charge in [-0.15, -0.1) is 0 Å². The molecule has 11 nitrogen and oxygen atoms in total. The molecule has 2 aromatic carbocycles. The van der Waals surface area contributed by atoms with Crippen molar-refractivity contribution in [3.63, 3.8) is 0 Å². The molecule has 0 unspecified atom stereocenters. The van der Waals surface area contributed by atoms with Gasteiger partial charge in [-0.1, -0.05) is 24.2 Å². The van der Waals surface area contributed by atoms with Crippen LogP contribution in [0.3, 0.4) is 0 Å². The zero-order valence-corrected chi connectivity index (χ0v) is 23.1. The number of anilines is 4. The smallest absolute Gasteiger partial charge is 0.320 e. The SMILES string of the molecule is C=CC(=O)Nc1cccc(Oc2nc(Nc3ccc(N4CCN(CC(=O)OCC)CC4)cc3OC)ncc2Cl)c1. The number of amides is 1. The van der Waals surface area contributed by atoms with Crippen molar-refractivity contribution in [2.45, 2.75) is 6.92 Å². The lowest BCUT2D eigenvalue weighted by Gasteiger charge is -2.35. The predicted octanol–water partition coefficient (Wildman–Crippen LogP) is 4.48. The Morgan fingerprint density at radius 2 is 1.95 bits per heavy atom. The first-order chi connectivity index (χ1) is 19.4. The summed E-state index contributed by atoms with van der Waals surface area (Å²) in [4.78, 5) is 36.4. The van der Waals surface area contributed by atoms with Crippen LogP contribution in [0.4, 0.5) is 23.0 Å². The Kier molecular flexibility index (Phi) is 9.76. The molecule has 1 aliphatic heterocycles. The summed E-state index contributed by atoms with van der Waals surface area (Å²) < 4.78 is 16.6. The van der Waals surface area contributed by atoms with Gasteiger partial charge in [-0.25, -0.2) is 4.98 Å². The van der Waals surface area contributed by atoms with Crippen LogP contribution in [0.1, 0.15) is 6.92 Å². The summed E-state index contributed by atoms with van der Waals surface area (Å²) in [5, 5.41) is 6.06. The molecule has 0 saturated carbocycles. The number of aromatic nitrogens is 2. The molecule has 0 bridgehead atoms. The molecular weight excluding hydrogens is 536 g/mol. The van der Waals surface area contributed by atoms with Crippen molar-refractivity contribution in [3.05, 3.63) is 66.3 Å². The highest BCUT2D eigenvalue weighted by molar-refractivity contribution is 6.31. The normalized spacial score (nSPS) is 13.3. The van der Waals surface area contributed by atoms with Crippen molar-refractivity contribution >= 4 is 46.5 Å². The van der Waals surface area contributed by atoms with Crippen molar-refractivity contribution in [3.8, 4) is 17.4 Å². The van der Waals surface area contributed by atoms with E-state index >= 15 is 0 Å². The Morgan fingerprint density at radius 3 is 2.67 bits per heavy atom. The molecular formula is C28H31ClN6O5. The van der Waals surface area contributed by atoms with Gasteiger partial charge >= 0.3 is 5.97 Å². The van der Waals surface area contributed by atoms with Crippen LogP contribution in [-0.2, 0) is 14.3 Å². The van der Waals surface area contributed by atoms with Gasteiger partial charge in [0.05, 0.1) is 32.1 Å². The first-order valence-corrected chi connectivity index (χ1v) is 13.1. The Balaban J connectivity index is 1.43. The van der Waals surface area contributed by atoms with E-state index in [0.717, 1.165) is 31.9 Å². The van der Waals surface area contributed by atoms with Crippen LogP contribution in [0.25, 0.3) is 0 Å². The van der Waals surface area contributed by atoms with Crippen LogP contribution in [0.15, 0.2) is 61.3 Å². The molecule has 0 spiro atoms. The van der Waals surface area contributed by atoms with Crippen molar-refractivity contribution in [1.82, 2.24) is 14.9 Å². The molecule has 0 aliphatic carbocycles. The monoisotopic (exact) mass is 566 g/mol. The molecule has 12 heteroatoms. The summed E-state index contributed by atoms with van der Waals surface area (Å²) in [6.45, 7) is 9.01. The molecule has 3 aromatic rings. The number of carbonyl (C=O) groups is 2. The zero-order valence-electron chi connectivity index (χ0n) is 22.4. The van der Waals surface area contributed by atoms with E-state index in [0.29, 0.717) is 36.0 Å². The van der Waals surface area contributed by atoms with E-state index < -0.39 is 0 Å². The Hall–Kier alpha value is -4.35. The van der Waals surface area contributed by atoms with Crippen molar-refractivity contribution in [2.24, 2.45) is 0 Å². The van der Waals surface area contributed by atoms with E-state index in [9.17, 15) is 9.59 Å². The summed E-state index contributed by atoms with van der Waals surface area (Å²) in [6, 6.07) is 12.6. The van der Waals surface area contributed by atoms with Gasteiger partial charge in [-0.05, 0) is 37.3 Å². The van der Waals surface area contributed by atoms with Crippen LogP contribution in [0.2, 0.25) is 5.02 Å². The Labute approximate surface area is 237 Å². The Bertz CT molecular complexity index is 1360. The van der Waals surface area contributed by atoms with Crippen molar-refractivity contribution in [1.29, 1.82) is 0 Å². The number of nitrogens with one attached hydrogen (secondary N) is 2. The summed E-state index contributed by atoms with van der Waals surface area (Å²) in [7, 11) is 1.59. The fraction of sp³-hybridized carbons (Fsp3) is 0.286. The highest BCUT2D eigenvalue weighted by Gasteiger charge is 2.21. The summed E-state index contributed by atoms with van der Waals surface area (Å²) >= 11 is 6.29. The standard InChI is InChI=1S/C28H31ClN6O5/c1-4-25(36)31-19-7-6-8-21(15-19)40-27-22(29)17-30-28(33-27)32-23-10-9-20(16-24(23)38-3)35-13-11-34(12-14-35)18-26(37)39-5-2/h4,6-10,15-17H,1,5,11-14,18H2,2-3H3,(H,31,36)(H,30,32,33). The molecule has 1 fully saturated rings. The van der Waals surface area contributed by atoms with E-state index in [-0.39, 0.29) is 28.7 Å². The second kappa shape index (κ2) is 13.6. The fourth-order valence-corrected chi connectivity index (χ4v) is 4.21. The predicted molar refractivity (Wildman–Crippen MR) is 154 cm³/mol. The average molecular weight is 567 g/mol. The van der Waals surface area contributed by atoms with Crippen LogP contribution in [0, 0.1) is 0 Å². The first-order valence-electron chi connectivity index (χ1n) is 12.7. The molecule has 2 N–H and O–H groups in total. The van der Waals surface area contributed by atoms with E-state index in [4.69, 9.17) is 25.8 Å². The average Bonchev–Trinajstić information content (AvgIpc) is 2.95. The second-order valence-electron chi connectivity index (χ2n) is 8.75. The van der Waals surface area contributed by atoms with Crippen molar-refractivity contribution < 1.29 is 23.8 Å². The van der Waals surface area contributed by atoms with Gasteiger partial charge in [-0.3, -0.25) is 14.5 Å². The number of carbonyl (C=O) groups excluding carboxylic acids is 2. The second-order valence-corrected chi connectivity index (χ2v) is 9.15. The molecule has 4 rings (SSSR count). The van der Waals surface area contributed by atoms with E-state index in [1.54, 1.807) is 31.4 Å². The molecule has 40 heavy (non-hydrogen) atoms. The van der Waals surface area contributed by atoms with Crippen LogP contribution < -0.4 is 25.0 Å². The highest BCUT2D eigenvalue weighted by atomic mass is 35.5. The maximum Gasteiger partial charge on any atom is 0.320 e. The summed E-state index contributed by atoms with van der Waals surface area (Å²) in [5.74, 6) is 0.907. The van der Waals surface area contributed by atoms with Gasteiger partial charge in [0.1, 0.15) is 16.5 Å². The fourth-order valence-electron chi connectivity index (χ4n) is 4.08. The maximum atomic E-state index is 11.8. The minimum Gasteiger partial charge on any atom is -0.494 e. The van der Waals surface area contributed by atoms with Gasteiger partial charge in [0.15, 0.2) is 0 Å². The molecule has 2 heterocycles. The Morgan fingerprint density at radius 1 is 1.15 bits per heavy atom. The van der Waals surface area contributed by atoms with Gasteiger partial charge in [0, 0.05) is 49.7 Å². The van der Waals surface area contributed by atoms with Crippen LogP contribution in [0.5, 0.6) is 17.4 Å². The van der Waals surface area contributed by atoms with Gasteiger partial charge in [-0.2, -0.15) is 4.98 Å². The number of hydrogen-bond acceptors (Lipinski definition) is 10. The van der Waals surface area contributed by atoms with Crippen molar-refractivity contribution in [2.75, 3.05) is 62.0 Å². The highest BCUT2D eigenvalue weighted by Crippen LogP contribution is 2.34. The first kappa shape index (κ1) is 28.7. The summed E-state index contributed by atoms with van der Waals surface area (Å²) in [6.07, 6.45) is 2.62. The largest absolute Gasteiger partial charge is 0.494 e. The van der Waals surface area contributed by atoms with E-state index in [1.165, 1.54) is 12.3 Å². The molecule has 0 radical (unpaired) electrons. The van der Waals surface area contributed by atoms with Gasteiger partial charge in [0.2, 0.25) is 17.7 Å². The number of esters is 1. The van der Waals surface area contributed by atoms with Crippen LogP contribution in [-0.4, -0.2) is 73.2 Å². The van der Waals surface area contributed by atoms with Gasteiger partial charge in [0.25, 0.3) is 0 Å². The lowest BCUT2D eigenvalue weighted by Crippen LogP contribution is -2.48. The number of rotatable bonds is 11. The molecule has 0 atom stereocenters. The quantitative estimate of drug-likeness (QED) is 0.254. The molecule has 1 aliphatic rings. The lowest BCUT2D eigenvalue weighted by molar-refractivity contribution is -0.144. The van der Waals surface area contributed by atoms with E-state index in [2.05, 4.69) is 37.0 Å². The lowest BCUT2D eigenvalue weighted by atomic mass is 10.2. The number of hydrogen-bond donors (Lipinski definition) is 2. The third-order valence-electron chi connectivity index (χ3n) is 6.04.